The minimum atomic E-state index is -1.97. The van der Waals surface area contributed by atoms with Crippen LogP contribution >= 0.6 is 0 Å². The van der Waals surface area contributed by atoms with Crippen molar-refractivity contribution in [2.75, 3.05) is 52.2 Å². The Morgan fingerprint density at radius 3 is 2.40 bits per heavy atom. The molecule has 0 spiro atoms. The molecule has 65 heavy (non-hydrogen) atoms. The van der Waals surface area contributed by atoms with E-state index in [0.29, 0.717) is 34.5 Å². The van der Waals surface area contributed by atoms with Crippen molar-refractivity contribution < 1.29 is 57.3 Å². The second-order valence-corrected chi connectivity index (χ2v) is 16.9. The molecule has 6 heterocycles. The molecule has 3 N–H and O–H groups in total. The van der Waals surface area contributed by atoms with E-state index in [1.807, 2.05) is 24.3 Å². The van der Waals surface area contributed by atoms with Gasteiger partial charge in [-0.3, -0.25) is 33.8 Å². The fourth-order valence-electron chi connectivity index (χ4n) is 8.84. The number of carboxylic acid groups (broad SMARTS) is 1. The number of amides is 4. The van der Waals surface area contributed by atoms with Crippen LogP contribution in [0.5, 0.6) is 5.75 Å². The van der Waals surface area contributed by atoms with Gasteiger partial charge in [-0.2, -0.15) is 0 Å². The molecule has 0 unspecified atom stereocenters. The van der Waals surface area contributed by atoms with Gasteiger partial charge in [-0.25, -0.2) is 14.2 Å². The normalized spacial score (nSPS) is 18.8. The molecule has 4 amide bonds. The predicted octanol–water partition coefficient (Wildman–Crippen LogP) is 1.20. The van der Waals surface area contributed by atoms with Gasteiger partial charge in [0.2, 0.25) is 11.8 Å². The zero-order valence-electron chi connectivity index (χ0n) is 36.5. The summed E-state index contributed by atoms with van der Waals surface area (Å²) in [7, 11) is 3.62. The van der Waals surface area contributed by atoms with E-state index in [2.05, 4.69) is 22.6 Å². The monoisotopic (exact) mass is 895 g/mol. The first kappa shape index (κ1) is 46.2. The lowest BCUT2D eigenvalue weighted by molar-refractivity contribution is -0.926. The van der Waals surface area contributed by atoms with Crippen molar-refractivity contribution in [3.8, 4) is 17.1 Å². The maximum atomic E-state index is 15.2. The zero-order chi connectivity index (χ0) is 46.8. The third-order valence-electron chi connectivity index (χ3n) is 12.6. The van der Waals surface area contributed by atoms with E-state index in [4.69, 9.17) is 24.4 Å². The van der Waals surface area contributed by atoms with E-state index in [-0.39, 0.29) is 73.2 Å². The fourth-order valence-corrected chi connectivity index (χ4v) is 8.84. The number of ether oxygens (including phenoxy) is 2. The first-order valence-electron chi connectivity index (χ1n) is 21.2. The van der Waals surface area contributed by atoms with Crippen molar-refractivity contribution >= 4 is 52.7 Å². The molecule has 2 aromatic carbocycles. The fraction of sp³-hybridized carbons (Fsp3) is 0.391. The van der Waals surface area contributed by atoms with Gasteiger partial charge >= 0.3 is 5.97 Å². The summed E-state index contributed by atoms with van der Waals surface area (Å²) in [6.45, 7) is 7.26. The zero-order valence-corrected chi connectivity index (χ0v) is 36.5. The highest BCUT2D eigenvalue weighted by molar-refractivity contribution is 6.12. The minimum Gasteiger partial charge on any atom is -0.554 e. The van der Waals surface area contributed by atoms with E-state index >= 15 is 4.39 Å². The van der Waals surface area contributed by atoms with Crippen molar-refractivity contribution in [1.29, 1.82) is 0 Å². The van der Waals surface area contributed by atoms with Gasteiger partial charge in [-0.15, -0.1) is 0 Å². The molecule has 18 nitrogen and oxygen atoms in total. The lowest BCUT2D eigenvalue weighted by atomic mass is 9.86. The van der Waals surface area contributed by atoms with Gasteiger partial charge in [0, 0.05) is 85.1 Å². The Morgan fingerprint density at radius 1 is 1.08 bits per heavy atom. The molecule has 342 valence electrons. The topological polar surface area (TPSA) is 230 Å². The van der Waals surface area contributed by atoms with Gasteiger partial charge in [-0.1, -0.05) is 19.1 Å². The number of cyclic esters (lactones) is 1. The van der Waals surface area contributed by atoms with Crippen LogP contribution in [-0.4, -0.2) is 118 Å². The number of esters is 1. The Morgan fingerprint density at radius 2 is 1.75 bits per heavy atom. The number of halogens is 1. The maximum absolute atomic E-state index is 15.2. The van der Waals surface area contributed by atoms with Crippen LogP contribution in [0.4, 0.5) is 10.1 Å². The number of aromatic nitrogens is 2. The summed E-state index contributed by atoms with van der Waals surface area (Å²) < 4.78 is 28.2. The number of piperazine rings is 1. The molecule has 4 aromatic rings. The van der Waals surface area contributed by atoms with Crippen molar-refractivity contribution in [1.82, 2.24) is 24.7 Å². The van der Waals surface area contributed by atoms with Crippen LogP contribution in [0.3, 0.4) is 0 Å². The third-order valence-corrected chi connectivity index (χ3v) is 12.6. The smallest absolute Gasteiger partial charge is 0.343 e. The number of pyridine rings is 2. The third kappa shape index (κ3) is 9.25. The molecule has 0 radical (unpaired) electrons. The van der Waals surface area contributed by atoms with Crippen LogP contribution in [-0.2, 0) is 65.3 Å². The summed E-state index contributed by atoms with van der Waals surface area (Å²) in [4.78, 5) is 91.9. The number of fused-ring (bicyclic) bond motifs is 5. The van der Waals surface area contributed by atoms with E-state index < -0.39 is 41.7 Å². The Bertz CT molecular complexity index is 2660. The molecule has 1 saturated heterocycles. The summed E-state index contributed by atoms with van der Waals surface area (Å²) in [5, 5.41) is 25.8. The molecule has 8 rings (SSSR count). The van der Waals surface area contributed by atoms with Gasteiger partial charge in [0.1, 0.15) is 19.2 Å². The molecular weight excluding hydrogens is 846 g/mol. The number of methoxy groups -OCH3 is 1. The van der Waals surface area contributed by atoms with Crippen LogP contribution in [0.15, 0.2) is 59.4 Å². The molecular formula is C46H50FN7O11. The van der Waals surface area contributed by atoms with Crippen LogP contribution in [0, 0.1) is 5.82 Å². The molecule has 2 atom stereocenters. The summed E-state index contributed by atoms with van der Waals surface area (Å²) in [6, 6.07) is 11.5. The average Bonchev–Trinajstić information content (AvgIpc) is 3.81. The van der Waals surface area contributed by atoms with Gasteiger partial charge in [0.05, 0.1) is 56.3 Å². The molecule has 4 aliphatic heterocycles. The molecule has 19 heteroatoms. The first-order valence-corrected chi connectivity index (χ1v) is 21.2. The first-order chi connectivity index (χ1) is 31.0. The molecule has 4 aliphatic rings. The number of likely N-dealkylation sites (N-methyl/N-ethyl adjacent to an activating group) is 1. The van der Waals surface area contributed by atoms with Gasteiger partial charge in [-0.05, 0) is 49.6 Å². The number of quaternary nitrogens is 1. The highest BCUT2D eigenvalue weighted by atomic mass is 19.1. The Labute approximate surface area is 372 Å². The van der Waals surface area contributed by atoms with E-state index in [1.165, 1.54) is 25.3 Å². The number of nitrogens with zero attached hydrogens (tertiary/aromatic N) is 5. The van der Waals surface area contributed by atoms with E-state index in [0.717, 1.165) is 58.8 Å². The van der Waals surface area contributed by atoms with Crippen LogP contribution in [0.2, 0.25) is 0 Å². The number of nitrogens with one attached hydrogen (secondary N) is 2. The number of aliphatic hydroxyl groups is 1. The highest BCUT2D eigenvalue weighted by Gasteiger charge is 2.45. The van der Waals surface area contributed by atoms with E-state index in [9.17, 15) is 33.9 Å². The van der Waals surface area contributed by atoms with Crippen LogP contribution in [0.25, 0.3) is 22.3 Å². The number of benzene rings is 2. The minimum absolute atomic E-state index is 0.0196. The van der Waals surface area contributed by atoms with Gasteiger partial charge in [0.15, 0.2) is 17.2 Å². The Kier molecular flexibility index (Phi) is 13.3. The second kappa shape index (κ2) is 18.7. The molecule has 2 aromatic heterocycles. The molecule has 0 bridgehead atoms. The van der Waals surface area contributed by atoms with Crippen LogP contribution in [0.1, 0.15) is 60.9 Å². The number of carbonyl (C=O) groups excluding carboxylic acids is 6. The van der Waals surface area contributed by atoms with Crippen LogP contribution < -0.4 is 26.0 Å². The van der Waals surface area contributed by atoms with Crippen molar-refractivity contribution in [3.05, 3.63) is 98.6 Å². The standard InChI is InChI=1S/C45H48FN7O9.CH2O2/c1-5-45(60)33-20-36-41-31(23-52(36)43(58)32(33)25-62-44(45)59)30(29-19-37(61-4)34(46)21-35(29)49-41)22-50-15-17-53(3,18-16-50)24-27-8-10-28(11-9-27)48-42(57)26(2)47-38(54)7-6-14-51-39(55)12-13-40(51)56;2-1-3/h8-13,19-21,26,60H,5-7,14-18,22-25H2,1-4H3,(H-,47,48,54,57);1H,(H,2,3)/t26-,45-;/m0./s1. The number of hydrogen-bond acceptors (Lipinski definition) is 13. The number of hydrogen-bond donors (Lipinski definition) is 3. The van der Waals surface area contributed by atoms with Crippen molar-refractivity contribution in [3.63, 3.8) is 0 Å². The quantitative estimate of drug-likeness (QED) is 0.0654. The van der Waals surface area contributed by atoms with Gasteiger partial charge < -0.3 is 44.2 Å². The summed E-state index contributed by atoms with van der Waals surface area (Å²) in [5.74, 6) is -2.82. The molecule has 0 aliphatic carbocycles. The number of imide groups is 1. The number of rotatable bonds is 13. The summed E-state index contributed by atoms with van der Waals surface area (Å²) >= 11 is 0. The average molecular weight is 896 g/mol. The van der Waals surface area contributed by atoms with Gasteiger partial charge in [0.25, 0.3) is 17.4 Å². The highest BCUT2D eigenvalue weighted by Crippen LogP contribution is 2.41. The molecule has 1 fully saturated rings. The lowest BCUT2D eigenvalue weighted by Gasteiger charge is -2.42. The summed E-state index contributed by atoms with van der Waals surface area (Å²) in [5.41, 5.74) is 2.86. The Balaban J connectivity index is 0.00000204. The van der Waals surface area contributed by atoms with Crippen molar-refractivity contribution in [2.45, 2.75) is 71.0 Å². The Hall–Kier alpha value is -6.83. The summed E-state index contributed by atoms with van der Waals surface area (Å²) in [6.07, 6.45) is 2.76. The van der Waals surface area contributed by atoms with E-state index in [1.54, 1.807) is 30.5 Å². The lowest BCUT2D eigenvalue weighted by Crippen LogP contribution is -2.56. The largest absolute Gasteiger partial charge is 0.554 e. The number of carbonyl (C=O) groups is 6. The SMILES string of the molecule is CC[C@@]1(O)C(=O)OCc2c1cc1n(c2=O)Cc2c-1nc1cc(F)c(OC)cc1c2CN1CC[N+](C)(Cc2ccc(NC(=O)[C@H](C)NC(=O)CCCN3C(=O)C=CC3=O)cc2)CC1.O=C[O-]. The second-order valence-electron chi connectivity index (χ2n) is 16.9. The predicted molar refractivity (Wildman–Crippen MR) is 230 cm³/mol. The van der Waals surface area contributed by atoms with Crippen molar-refractivity contribution in [2.24, 2.45) is 0 Å². The molecule has 0 saturated carbocycles. The number of anilines is 1. The maximum Gasteiger partial charge on any atom is 0.343 e.